The predicted molar refractivity (Wildman–Crippen MR) is 111 cm³/mol. The second kappa shape index (κ2) is 10.1. The van der Waals surface area contributed by atoms with Gasteiger partial charge in [0, 0.05) is 28.7 Å². The van der Waals surface area contributed by atoms with Crippen LogP contribution in [-0.4, -0.2) is 20.9 Å². The summed E-state index contributed by atoms with van der Waals surface area (Å²) in [5.41, 5.74) is 8.57. The lowest BCUT2D eigenvalue weighted by molar-refractivity contribution is 0.575. The SMILES string of the molecule is CCC(C)C#N.CCc1c(C(C)(C)CSC(=N)N)ncc2ncccc12. The van der Waals surface area contributed by atoms with Crippen molar-refractivity contribution in [1.29, 1.82) is 10.7 Å². The second-order valence-corrected chi connectivity index (χ2v) is 7.87. The Bertz CT molecular complexity index is 779. The van der Waals surface area contributed by atoms with Gasteiger partial charge in [0.25, 0.3) is 0 Å². The summed E-state index contributed by atoms with van der Waals surface area (Å²) in [5, 5.41) is 16.8. The van der Waals surface area contributed by atoms with E-state index >= 15 is 0 Å². The number of aryl methyl sites for hydroxylation is 1. The minimum atomic E-state index is -0.133. The molecule has 0 fully saturated rings. The molecule has 0 saturated carbocycles. The number of hydrogen-bond donors (Lipinski definition) is 2. The molecule has 0 aromatic carbocycles. The Balaban J connectivity index is 0.000000487. The molecule has 6 heteroatoms. The third kappa shape index (κ3) is 5.99. The topological polar surface area (TPSA) is 99.4 Å². The third-order valence-corrected chi connectivity index (χ3v) is 5.36. The van der Waals surface area contributed by atoms with E-state index in [9.17, 15) is 0 Å². The molecule has 0 bridgehead atoms. The van der Waals surface area contributed by atoms with E-state index < -0.39 is 0 Å². The van der Waals surface area contributed by atoms with E-state index in [1.807, 2.05) is 26.1 Å². The zero-order valence-electron chi connectivity index (χ0n) is 16.3. The molecule has 0 spiro atoms. The molecular formula is C20H29N5S. The fourth-order valence-corrected chi connectivity index (χ4v) is 3.12. The second-order valence-electron chi connectivity index (χ2n) is 6.85. The molecule has 1 atom stereocenters. The monoisotopic (exact) mass is 371 g/mol. The fraction of sp³-hybridized carbons (Fsp3) is 0.500. The first kappa shape index (κ1) is 21.9. The van der Waals surface area contributed by atoms with Crippen LogP contribution >= 0.6 is 11.8 Å². The number of hydrogen-bond acceptors (Lipinski definition) is 5. The quantitative estimate of drug-likeness (QED) is 0.588. The number of rotatable bonds is 5. The van der Waals surface area contributed by atoms with E-state index in [2.05, 4.69) is 42.9 Å². The molecule has 2 rings (SSSR count). The standard InChI is InChI=1S/C15H20N4S.C5H9N/c1-4-10-11-6-5-7-18-12(11)8-19-13(10)15(2,3)9-20-14(16)17;1-3-5(2)4-6/h5-8H,4,9H2,1-3H3,(H3,16,17);5H,3H2,1-2H3. The molecule has 2 aromatic rings. The van der Waals surface area contributed by atoms with Crippen molar-refractivity contribution >= 4 is 27.8 Å². The van der Waals surface area contributed by atoms with Gasteiger partial charge >= 0.3 is 0 Å². The van der Waals surface area contributed by atoms with Gasteiger partial charge in [0.1, 0.15) is 0 Å². The van der Waals surface area contributed by atoms with Gasteiger partial charge in [-0.3, -0.25) is 15.4 Å². The van der Waals surface area contributed by atoms with Crippen molar-refractivity contribution in [3.63, 3.8) is 0 Å². The predicted octanol–water partition coefficient (Wildman–Crippen LogP) is 4.65. The number of nitriles is 1. The average Bonchev–Trinajstić information content (AvgIpc) is 2.65. The Morgan fingerprint density at radius 1 is 1.38 bits per heavy atom. The summed E-state index contributed by atoms with van der Waals surface area (Å²) in [6.45, 7) is 10.4. The molecule has 0 aliphatic rings. The summed E-state index contributed by atoms with van der Waals surface area (Å²) in [6, 6.07) is 6.17. The van der Waals surface area contributed by atoms with Crippen molar-refractivity contribution in [2.24, 2.45) is 11.7 Å². The fourth-order valence-electron chi connectivity index (χ4n) is 2.47. The Kier molecular flexibility index (Phi) is 8.53. The highest BCUT2D eigenvalue weighted by Gasteiger charge is 2.26. The number of nitrogens with two attached hydrogens (primary N) is 1. The summed E-state index contributed by atoms with van der Waals surface area (Å²) in [4.78, 5) is 9.01. The minimum Gasteiger partial charge on any atom is -0.379 e. The minimum absolute atomic E-state index is 0.133. The smallest absolute Gasteiger partial charge is 0.151 e. The summed E-state index contributed by atoms with van der Waals surface area (Å²) in [5.74, 6) is 0.985. The zero-order chi connectivity index (χ0) is 19.7. The molecule has 5 nitrogen and oxygen atoms in total. The molecule has 0 aliphatic heterocycles. The van der Waals surface area contributed by atoms with Crippen molar-refractivity contribution in [1.82, 2.24) is 9.97 Å². The molecule has 26 heavy (non-hydrogen) atoms. The number of aromatic nitrogens is 2. The first-order chi connectivity index (χ1) is 12.3. The number of fused-ring (bicyclic) bond motifs is 1. The van der Waals surface area contributed by atoms with Crippen LogP contribution in [0.4, 0.5) is 0 Å². The third-order valence-electron chi connectivity index (χ3n) is 4.18. The van der Waals surface area contributed by atoms with Gasteiger partial charge in [-0.15, -0.1) is 0 Å². The maximum Gasteiger partial charge on any atom is 0.151 e. The Morgan fingerprint density at radius 2 is 2.08 bits per heavy atom. The highest BCUT2D eigenvalue weighted by atomic mass is 32.2. The van der Waals surface area contributed by atoms with E-state index in [4.69, 9.17) is 16.4 Å². The van der Waals surface area contributed by atoms with Crippen molar-refractivity contribution in [3.8, 4) is 6.07 Å². The molecule has 140 valence electrons. The van der Waals surface area contributed by atoms with E-state index in [0.29, 0.717) is 0 Å². The summed E-state index contributed by atoms with van der Waals surface area (Å²) in [7, 11) is 0. The van der Waals surface area contributed by atoms with Gasteiger partial charge in [-0.2, -0.15) is 5.26 Å². The van der Waals surface area contributed by atoms with Crippen LogP contribution < -0.4 is 5.73 Å². The number of nitrogens with zero attached hydrogens (tertiary/aromatic N) is 3. The van der Waals surface area contributed by atoms with E-state index in [0.717, 1.165) is 29.8 Å². The van der Waals surface area contributed by atoms with Crippen LogP contribution in [0.15, 0.2) is 24.5 Å². The van der Waals surface area contributed by atoms with Crippen LogP contribution in [0.5, 0.6) is 0 Å². The van der Waals surface area contributed by atoms with Crippen LogP contribution in [0.3, 0.4) is 0 Å². The Morgan fingerprint density at radius 3 is 2.58 bits per heavy atom. The maximum atomic E-state index is 8.08. The molecule has 2 aromatic heterocycles. The lowest BCUT2D eigenvalue weighted by Gasteiger charge is -2.26. The largest absolute Gasteiger partial charge is 0.379 e. The van der Waals surface area contributed by atoms with Crippen LogP contribution in [0.25, 0.3) is 10.9 Å². The van der Waals surface area contributed by atoms with Gasteiger partial charge in [-0.05, 0) is 31.4 Å². The van der Waals surface area contributed by atoms with Gasteiger partial charge in [-0.1, -0.05) is 45.5 Å². The van der Waals surface area contributed by atoms with Crippen molar-refractivity contribution in [3.05, 3.63) is 35.8 Å². The normalized spacial score (nSPS) is 12.0. The molecule has 2 heterocycles. The molecule has 0 radical (unpaired) electrons. The lowest BCUT2D eigenvalue weighted by atomic mass is 9.86. The van der Waals surface area contributed by atoms with Crippen LogP contribution in [0.2, 0.25) is 0 Å². The highest BCUT2D eigenvalue weighted by molar-refractivity contribution is 8.13. The average molecular weight is 372 g/mol. The van der Waals surface area contributed by atoms with Gasteiger partial charge in [0.15, 0.2) is 5.17 Å². The van der Waals surface area contributed by atoms with Crippen LogP contribution in [0.1, 0.15) is 52.3 Å². The lowest BCUT2D eigenvalue weighted by Crippen LogP contribution is -2.26. The molecule has 3 N–H and O–H groups in total. The van der Waals surface area contributed by atoms with Crippen LogP contribution in [-0.2, 0) is 11.8 Å². The van der Waals surface area contributed by atoms with Gasteiger partial charge in [0.2, 0.25) is 0 Å². The zero-order valence-corrected chi connectivity index (χ0v) is 17.2. The summed E-state index contributed by atoms with van der Waals surface area (Å²) in [6.07, 6.45) is 5.51. The first-order valence-corrected chi connectivity index (χ1v) is 9.84. The Labute approximate surface area is 160 Å². The van der Waals surface area contributed by atoms with E-state index in [1.54, 1.807) is 6.20 Å². The van der Waals surface area contributed by atoms with Crippen LogP contribution in [0, 0.1) is 22.7 Å². The summed E-state index contributed by atoms with van der Waals surface area (Å²) < 4.78 is 0. The number of nitrogens with one attached hydrogen (secondary N) is 1. The highest BCUT2D eigenvalue weighted by Crippen LogP contribution is 2.32. The molecule has 0 aliphatic carbocycles. The van der Waals surface area contributed by atoms with Crippen molar-refractivity contribution in [2.45, 2.75) is 52.9 Å². The summed E-state index contributed by atoms with van der Waals surface area (Å²) >= 11 is 1.36. The van der Waals surface area contributed by atoms with Gasteiger partial charge in [-0.25, -0.2) is 0 Å². The maximum absolute atomic E-state index is 8.08. The number of thioether (sulfide) groups is 1. The number of amidine groups is 1. The Hall–Kier alpha value is -2.13. The molecule has 0 saturated heterocycles. The van der Waals surface area contributed by atoms with Crippen molar-refractivity contribution in [2.75, 3.05) is 5.75 Å². The van der Waals surface area contributed by atoms with E-state index in [-0.39, 0.29) is 16.5 Å². The molecular weight excluding hydrogens is 342 g/mol. The van der Waals surface area contributed by atoms with E-state index in [1.165, 1.54) is 22.7 Å². The first-order valence-electron chi connectivity index (χ1n) is 8.86. The number of pyridine rings is 2. The molecule has 0 amide bonds. The molecule has 1 unspecified atom stereocenters. The van der Waals surface area contributed by atoms with Gasteiger partial charge < -0.3 is 5.73 Å². The van der Waals surface area contributed by atoms with Gasteiger partial charge in [0.05, 0.1) is 23.5 Å². The van der Waals surface area contributed by atoms with Crippen molar-refractivity contribution < 1.29 is 0 Å².